The standard InChI is InChI=1S/C41H32ClN7O2.C33H26ClN7O.O2S/c1-26(50)44-29-16-14-28(15-17-29)40-46-36-22-30(18-21-38(36)49(40)24-27-12-19-32(51-2)20-13-27)45-41-43-23-35(42)39(47-41)34-25-48(31-8-4-3-5-9-31)37-11-7-6-10-33(34)37;1-42-24-13-6-20(7-14-24)19-41-30-15-12-23(16-29(30)39-32(41)21-8-10-22(35)11-9-21)38-33-37-18-27(34)31(40-33)26-17-36-28-5-3-2-4-25(26)28;1-3-2/h3-23,25H,24H2,1-2H3,(H,44,50)(H,43,45,47);2-18,36H,19,35H2,1H3,(H,37,38,40);. The van der Waals surface area contributed by atoms with E-state index in [0.29, 0.717) is 52.1 Å². The molecule has 474 valence electrons. The van der Waals surface area contributed by atoms with Crippen LogP contribution >= 0.6 is 23.2 Å². The van der Waals surface area contributed by atoms with E-state index in [2.05, 4.69) is 105 Å². The molecule has 0 bridgehead atoms. The molecule has 0 aliphatic heterocycles. The van der Waals surface area contributed by atoms with Gasteiger partial charge in [-0.3, -0.25) is 4.79 Å². The van der Waals surface area contributed by atoms with Gasteiger partial charge in [0.15, 0.2) is 0 Å². The summed E-state index contributed by atoms with van der Waals surface area (Å²) in [4.78, 5) is 43.7. The number of ether oxygens (including phenoxy) is 2. The van der Waals surface area contributed by atoms with Gasteiger partial charge in [-0.25, -0.2) is 29.9 Å². The third kappa shape index (κ3) is 13.6. The number of carbonyl (C=O) groups is 1. The lowest BCUT2D eigenvalue weighted by Crippen LogP contribution is -2.05. The summed E-state index contributed by atoms with van der Waals surface area (Å²) in [6, 6.07) is 70.1. The first-order chi connectivity index (χ1) is 46.9. The monoisotopic (exact) mass is 1320 g/mol. The summed E-state index contributed by atoms with van der Waals surface area (Å²) >= 11 is 12.6. The number of methoxy groups -OCH3 is 2. The van der Waals surface area contributed by atoms with Gasteiger partial charge in [-0.1, -0.05) is 102 Å². The van der Waals surface area contributed by atoms with Crippen LogP contribution in [0.15, 0.2) is 237 Å². The van der Waals surface area contributed by atoms with Gasteiger partial charge in [0.25, 0.3) is 0 Å². The van der Waals surface area contributed by atoms with Crippen molar-refractivity contribution in [2.45, 2.75) is 20.0 Å². The molecule has 0 radical (unpaired) electrons. The number of rotatable bonds is 16. The number of amides is 1. The van der Waals surface area contributed by atoms with E-state index >= 15 is 0 Å². The Morgan fingerprint density at radius 3 is 1.55 bits per heavy atom. The second-order valence-corrected chi connectivity index (χ2v) is 23.1. The maximum absolute atomic E-state index is 11.6. The Hall–Kier alpha value is -12.0. The van der Waals surface area contributed by atoms with E-state index in [1.807, 2.05) is 164 Å². The predicted molar refractivity (Wildman–Crippen MR) is 382 cm³/mol. The largest absolute Gasteiger partial charge is 0.497 e. The van der Waals surface area contributed by atoms with Gasteiger partial charge in [-0.05, 0) is 145 Å². The minimum absolute atomic E-state index is 0.120. The zero-order valence-electron chi connectivity index (χ0n) is 51.7. The Morgan fingerprint density at radius 2 is 1.02 bits per heavy atom. The zero-order chi connectivity index (χ0) is 66.2. The van der Waals surface area contributed by atoms with Crippen molar-refractivity contribution in [2.75, 3.05) is 35.9 Å². The average molecular weight is 1330 g/mol. The molecule has 1 amide bonds. The van der Waals surface area contributed by atoms with Crippen LogP contribution in [0.5, 0.6) is 11.5 Å². The minimum Gasteiger partial charge on any atom is -0.497 e. The number of anilines is 6. The van der Waals surface area contributed by atoms with Gasteiger partial charge in [0.1, 0.15) is 23.1 Å². The molecule has 0 spiro atoms. The molecule has 6 N–H and O–H groups in total. The number of H-pyrrole nitrogens is 1. The van der Waals surface area contributed by atoms with Gasteiger partial charge in [0, 0.05) is 99.4 Å². The number of aromatic amines is 1. The molecule has 96 heavy (non-hydrogen) atoms. The van der Waals surface area contributed by atoms with Crippen molar-refractivity contribution < 1.29 is 22.7 Å². The quantitative estimate of drug-likeness (QED) is 0.0566. The summed E-state index contributed by atoms with van der Waals surface area (Å²) in [6.45, 7) is 2.73. The molecule has 0 aliphatic carbocycles. The van der Waals surface area contributed by atoms with Gasteiger partial charge in [-0.15, -0.1) is 0 Å². The van der Waals surface area contributed by atoms with E-state index in [9.17, 15) is 4.79 Å². The molecule has 6 aromatic heterocycles. The van der Waals surface area contributed by atoms with Crippen LogP contribution in [0.3, 0.4) is 0 Å². The predicted octanol–water partition coefficient (Wildman–Crippen LogP) is 16.5. The minimum atomic E-state index is -0.750. The summed E-state index contributed by atoms with van der Waals surface area (Å²) < 4.78 is 33.8. The van der Waals surface area contributed by atoms with Crippen LogP contribution in [-0.4, -0.2) is 77.1 Å². The fourth-order valence-electron chi connectivity index (χ4n) is 11.5. The van der Waals surface area contributed by atoms with E-state index in [1.54, 1.807) is 26.6 Å². The zero-order valence-corrected chi connectivity index (χ0v) is 54.1. The molecular weight excluding hydrogens is 1270 g/mol. The summed E-state index contributed by atoms with van der Waals surface area (Å²) in [5, 5.41) is 12.6. The number of imidazole rings is 2. The van der Waals surface area contributed by atoms with Crippen LogP contribution in [0.4, 0.5) is 34.6 Å². The third-order valence-corrected chi connectivity index (χ3v) is 16.5. The van der Waals surface area contributed by atoms with Gasteiger partial charge in [0.2, 0.25) is 17.8 Å². The lowest BCUT2D eigenvalue weighted by molar-refractivity contribution is -0.114. The van der Waals surface area contributed by atoms with Crippen LogP contribution < -0.4 is 31.2 Å². The number of hydrogen-bond acceptors (Lipinski definition) is 14. The highest BCUT2D eigenvalue weighted by molar-refractivity contribution is 7.51. The molecule has 22 heteroatoms. The number of nitrogens with one attached hydrogen (secondary N) is 4. The number of nitrogens with zero attached hydrogens (tertiary/aromatic N) is 9. The lowest BCUT2D eigenvalue weighted by Gasteiger charge is -2.11. The van der Waals surface area contributed by atoms with Crippen molar-refractivity contribution in [2.24, 2.45) is 0 Å². The SMILES string of the molecule is COc1ccc(Cn2c(-c3ccc(N)cc3)nc3cc(Nc4ncc(Cl)c(-c5c[nH]c6ccccc56)n4)ccc32)cc1.COc1ccc(Cn2c(-c3ccc(NC(C)=O)cc3)nc3cc(Nc4ncc(Cl)c(-c5cn(-c6ccccc6)c6ccccc56)n4)ccc32)cc1.O=S=O. The maximum Gasteiger partial charge on any atom is 0.335 e. The van der Waals surface area contributed by atoms with Gasteiger partial charge >= 0.3 is 11.6 Å². The molecule has 6 heterocycles. The van der Waals surface area contributed by atoms with Crippen LogP contribution in [0, 0.1) is 0 Å². The van der Waals surface area contributed by atoms with Crippen LogP contribution in [0.2, 0.25) is 10.0 Å². The number of aromatic nitrogens is 10. The van der Waals surface area contributed by atoms with Crippen LogP contribution in [0.1, 0.15) is 18.1 Å². The molecule has 15 aromatic rings. The Kier molecular flexibility index (Phi) is 18.4. The fourth-order valence-corrected chi connectivity index (χ4v) is 11.9. The first-order valence-electron chi connectivity index (χ1n) is 30.1. The van der Waals surface area contributed by atoms with Gasteiger partial charge in [-0.2, -0.15) is 8.42 Å². The van der Waals surface area contributed by atoms with Crippen molar-refractivity contribution >= 4 is 119 Å². The molecule has 0 unspecified atom stereocenters. The van der Waals surface area contributed by atoms with E-state index < -0.39 is 11.6 Å². The Labute approximate surface area is 563 Å². The maximum atomic E-state index is 11.6. The normalized spacial score (nSPS) is 11.0. The Morgan fingerprint density at radius 1 is 0.542 bits per heavy atom. The fraction of sp³-hybridized carbons (Fsp3) is 0.0676. The number of fused-ring (bicyclic) bond motifs is 4. The van der Waals surface area contributed by atoms with Crippen molar-refractivity contribution in [3.05, 3.63) is 258 Å². The lowest BCUT2D eigenvalue weighted by atomic mass is 10.1. The topological polar surface area (TPSA) is 240 Å². The number of benzene rings is 9. The second-order valence-electron chi connectivity index (χ2n) is 22.1. The van der Waals surface area contributed by atoms with E-state index in [0.717, 1.165) is 123 Å². The van der Waals surface area contributed by atoms with E-state index in [1.165, 1.54) is 6.92 Å². The Balaban J connectivity index is 0.000000170. The van der Waals surface area contributed by atoms with Crippen molar-refractivity contribution in [1.82, 2.24) is 48.6 Å². The molecule has 0 atom stereocenters. The average Bonchev–Trinajstić information content (AvgIpc) is 1.64. The highest BCUT2D eigenvalue weighted by atomic mass is 35.5. The van der Waals surface area contributed by atoms with Gasteiger partial charge in [0.05, 0.1) is 75.6 Å². The molecular formula is C74H58Cl2N14O5S. The molecule has 15 rings (SSSR count). The van der Waals surface area contributed by atoms with E-state index in [-0.39, 0.29) is 5.91 Å². The molecule has 19 nitrogen and oxygen atoms in total. The highest BCUT2D eigenvalue weighted by Gasteiger charge is 2.21. The molecule has 0 fully saturated rings. The third-order valence-electron chi connectivity index (χ3n) is 16.0. The van der Waals surface area contributed by atoms with Crippen molar-refractivity contribution in [3.63, 3.8) is 0 Å². The Bertz CT molecular complexity index is 5350. The summed E-state index contributed by atoms with van der Waals surface area (Å²) in [7, 11) is 3.33. The first-order valence-corrected chi connectivity index (χ1v) is 31.6. The number of hydrogen-bond donors (Lipinski definition) is 5. The highest BCUT2D eigenvalue weighted by Crippen LogP contribution is 2.38. The van der Waals surface area contributed by atoms with Crippen molar-refractivity contribution in [3.8, 4) is 62.5 Å². The molecule has 0 saturated heterocycles. The first kappa shape index (κ1) is 62.8. The smallest absolute Gasteiger partial charge is 0.335 e. The van der Waals surface area contributed by atoms with E-state index in [4.69, 9.17) is 66.8 Å². The van der Waals surface area contributed by atoms with Gasteiger partial charge < -0.3 is 49.8 Å². The molecule has 9 aromatic carbocycles. The second kappa shape index (κ2) is 28.1. The van der Waals surface area contributed by atoms with Crippen molar-refractivity contribution in [1.29, 1.82) is 0 Å². The number of para-hydroxylation sites is 3. The number of halogens is 2. The molecule has 0 saturated carbocycles. The van der Waals surface area contributed by atoms with Crippen LogP contribution in [0.25, 0.3) is 94.9 Å². The number of nitrogens with two attached hydrogens (primary N) is 1. The summed E-state index contributed by atoms with van der Waals surface area (Å²) in [6.07, 6.45) is 7.24. The number of nitrogen functional groups attached to an aromatic ring is 1. The molecule has 0 aliphatic rings. The van der Waals surface area contributed by atoms with Crippen LogP contribution in [-0.2, 0) is 29.5 Å². The summed E-state index contributed by atoms with van der Waals surface area (Å²) in [5.74, 6) is 4.00. The number of carbonyl (C=O) groups excluding carboxylic acids is 1. The summed E-state index contributed by atoms with van der Waals surface area (Å²) in [5.41, 5.74) is 23.0.